The van der Waals surface area contributed by atoms with E-state index in [0.717, 1.165) is 5.56 Å². The molecule has 0 aliphatic heterocycles. The monoisotopic (exact) mass is 417 g/mol. The van der Waals surface area contributed by atoms with Gasteiger partial charge in [0.25, 0.3) is 5.56 Å². The summed E-state index contributed by atoms with van der Waals surface area (Å²) in [7, 11) is 0. The standard InChI is InChI=1S/C23H20FN5O2/c1-14-15(2)28-22(29-23(14)30)17-6-8-21(27-12-17)26-11-16-5-7-20(19(24)10-16)31-18-4-3-9-25-13-18/h3-10,12-13H,11H2,1-2H3,(H,26,27)(H,28,29,30). The summed E-state index contributed by atoms with van der Waals surface area (Å²) in [4.78, 5) is 27.4. The molecule has 156 valence electrons. The summed E-state index contributed by atoms with van der Waals surface area (Å²) in [5, 5.41) is 3.15. The Kier molecular flexibility index (Phi) is 5.70. The normalized spacial score (nSPS) is 10.7. The average Bonchev–Trinajstić information content (AvgIpc) is 2.78. The van der Waals surface area contributed by atoms with Crippen molar-refractivity contribution >= 4 is 5.82 Å². The molecule has 0 aliphatic rings. The van der Waals surface area contributed by atoms with Gasteiger partial charge in [-0.15, -0.1) is 0 Å². The van der Waals surface area contributed by atoms with E-state index < -0.39 is 5.82 Å². The van der Waals surface area contributed by atoms with Gasteiger partial charge in [-0.2, -0.15) is 0 Å². The number of aromatic amines is 1. The number of H-pyrrole nitrogens is 1. The maximum atomic E-state index is 14.4. The van der Waals surface area contributed by atoms with E-state index in [-0.39, 0.29) is 11.3 Å². The van der Waals surface area contributed by atoms with Crippen molar-refractivity contribution in [3.8, 4) is 22.9 Å². The molecule has 3 aromatic heterocycles. The van der Waals surface area contributed by atoms with Crippen LogP contribution in [0.5, 0.6) is 11.5 Å². The highest BCUT2D eigenvalue weighted by Crippen LogP contribution is 2.25. The summed E-state index contributed by atoms with van der Waals surface area (Å²) >= 11 is 0. The molecule has 0 radical (unpaired) electrons. The molecule has 4 rings (SSSR count). The van der Waals surface area contributed by atoms with E-state index in [1.54, 1.807) is 56.6 Å². The van der Waals surface area contributed by atoms with Gasteiger partial charge in [-0.3, -0.25) is 9.78 Å². The Hall–Kier alpha value is -4.07. The first-order valence-corrected chi connectivity index (χ1v) is 9.64. The predicted octanol–water partition coefficient (Wildman–Crippen LogP) is 4.39. The van der Waals surface area contributed by atoms with Crippen molar-refractivity contribution in [1.29, 1.82) is 0 Å². The van der Waals surface area contributed by atoms with Crippen molar-refractivity contribution in [2.75, 3.05) is 5.32 Å². The number of rotatable bonds is 6. The molecular weight excluding hydrogens is 397 g/mol. The molecule has 4 aromatic rings. The molecule has 0 amide bonds. The minimum atomic E-state index is -0.462. The largest absolute Gasteiger partial charge is 0.453 e. The van der Waals surface area contributed by atoms with E-state index in [4.69, 9.17) is 4.74 Å². The van der Waals surface area contributed by atoms with E-state index in [1.165, 1.54) is 12.3 Å². The van der Waals surface area contributed by atoms with Gasteiger partial charge in [-0.1, -0.05) is 6.07 Å². The van der Waals surface area contributed by atoms with Crippen LogP contribution in [0.3, 0.4) is 0 Å². The molecule has 0 saturated carbocycles. The topological polar surface area (TPSA) is 92.8 Å². The molecule has 0 spiro atoms. The molecule has 31 heavy (non-hydrogen) atoms. The zero-order valence-electron chi connectivity index (χ0n) is 17.0. The molecule has 7 nitrogen and oxygen atoms in total. The van der Waals surface area contributed by atoms with Crippen LogP contribution in [0, 0.1) is 19.7 Å². The van der Waals surface area contributed by atoms with Gasteiger partial charge in [-0.25, -0.2) is 14.4 Å². The minimum absolute atomic E-state index is 0.133. The van der Waals surface area contributed by atoms with Crippen molar-refractivity contribution in [3.05, 3.63) is 94.0 Å². The molecule has 0 saturated heterocycles. The Labute approximate surface area is 178 Å². The molecule has 8 heteroatoms. The third-order valence-corrected chi connectivity index (χ3v) is 4.76. The van der Waals surface area contributed by atoms with Crippen LogP contribution < -0.4 is 15.6 Å². The van der Waals surface area contributed by atoms with E-state index in [2.05, 4.69) is 25.3 Å². The number of ether oxygens (including phenoxy) is 1. The number of halogens is 1. The van der Waals surface area contributed by atoms with Crippen molar-refractivity contribution in [1.82, 2.24) is 19.9 Å². The zero-order chi connectivity index (χ0) is 21.8. The number of aromatic nitrogens is 4. The van der Waals surface area contributed by atoms with Crippen molar-refractivity contribution in [3.63, 3.8) is 0 Å². The zero-order valence-corrected chi connectivity index (χ0v) is 17.0. The van der Waals surface area contributed by atoms with Gasteiger partial charge in [0.05, 0.1) is 6.20 Å². The summed E-state index contributed by atoms with van der Waals surface area (Å²) in [6, 6.07) is 11.8. The number of nitrogens with zero attached hydrogens (tertiary/aromatic N) is 3. The van der Waals surface area contributed by atoms with Crippen LogP contribution in [0.15, 0.2) is 65.8 Å². The van der Waals surface area contributed by atoms with E-state index in [9.17, 15) is 9.18 Å². The number of hydrogen-bond acceptors (Lipinski definition) is 6. The number of hydrogen-bond donors (Lipinski definition) is 2. The molecule has 2 N–H and O–H groups in total. The Morgan fingerprint density at radius 1 is 1.13 bits per heavy atom. The van der Waals surface area contributed by atoms with Gasteiger partial charge in [0, 0.05) is 35.8 Å². The van der Waals surface area contributed by atoms with E-state index >= 15 is 0 Å². The predicted molar refractivity (Wildman–Crippen MR) is 116 cm³/mol. The molecule has 0 atom stereocenters. The lowest BCUT2D eigenvalue weighted by atomic mass is 10.2. The summed E-state index contributed by atoms with van der Waals surface area (Å²) in [5.74, 6) is 1.23. The SMILES string of the molecule is Cc1nc(-c2ccc(NCc3ccc(Oc4cccnc4)c(F)c3)nc2)[nH]c(=O)c1C. The highest BCUT2D eigenvalue weighted by Gasteiger charge is 2.08. The molecule has 0 unspecified atom stereocenters. The van der Waals surface area contributed by atoms with Crippen molar-refractivity contribution in [2.24, 2.45) is 0 Å². The summed E-state index contributed by atoms with van der Waals surface area (Å²) in [6.07, 6.45) is 4.77. The Balaban J connectivity index is 1.41. The highest BCUT2D eigenvalue weighted by atomic mass is 19.1. The number of benzene rings is 1. The highest BCUT2D eigenvalue weighted by molar-refractivity contribution is 5.56. The maximum Gasteiger partial charge on any atom is 0.254 e. The van der Waals surface area contributed by atoms with Gasteiger partial charge in [0.2, 0.25) is 0 Å². The molecule has 0 bridgehead atoms. The van der Waals surface area contributed by atoms with Crippen LogP contribution >= 0.6 is 0 Å². The number of aryl methyl sites for hydroxylation is 1. The van der Waals surface area contributed by atoms with Crippen LogP contribution in [0.1, 0.15) is 16.8 Å². The average molecular weight is 417 g/mol. The molecule has 3 heterocycles. The van der Waals surface area contributed by atoms with Crippen LogP contribution in [-0.2, 0) is 6.54 Å². The Morgan fingerprint density at radius 3 is 2.68 bits per heavy atom. The first kappa shape index (κ1) is 20.2. The fourth-order valence-electron chi connectivity index (χ4n) is 2.88. The van der Waals surface area contributed by atoms with Crippen LogP contribution in [0.25, 0.3) is 11.4 Å². The number of anilines is 1. The third kappa shape index (κ3) is 4.75. The molecule has 1 aromatic carbocycles. The smallest absolute Gasteiger partial charge is 0.254 e. The molecule has 0 fully saturated rings. The van der Waals surface area contributed by atoms with Gasteiger partial charge < -0.3 is 15.0 Å². The third-order valence-electron chi connectivity index (χ3n) is 4.76. The lowest BCUT2D eigenvalue weighted by molar-refractivity contribution is 0.440. The van der Waals surface area contributed by atoms with E-state index in [1.807, 2.05) is 6.07 Å². The van der Waals surface area contributed by atoms with Crippen LogP contribution in [-0.4, -0.2) is 19.9 Å². The van der Waals surface area contributed by atoms with Crippen LogP contribution in [0.4, 0.5) is 10.2 Å². The Morgan fingerprint density at radius 2 is 2.00 bits per heavy atom. The Bertz CT molecular complexity index is 1260. The van der Waals surface area contributed by atoms with Gasteiger partial charge in [-0.05, 0) is 55.8 Å². The minimum Gasteiger partial charge on any atom is -0.453 e. The van der Waals surface area contributed by atoms with Crippen molar-refractivity contribution < 1.29 is 9.13 Å². The lowest BCUT2D eigenvalue weighted by Crippen LogP contribution is -2.14. The van der Waals surface area contributed by atoms with Crippen LogP contribution in [0.2, 0.25) is 0 Å². The molecule has 0 aliphatic carbocycles. The fourth-order valence-corrected chi connectivity index (χ4v) is 2.88. The number of nitrogens with one attached hydrogen (secondary N) is 2. The van der Waals surface area contributed by atoms with E-state index in [0.29, 0.717) is 40.8 Å². The van der Waals surface area contributed by atoms with Gasteiger partial charge in [0.1, 0.15) is 17.4 Å². The first-order chi connectivity index (χ1) is 15.0. The maximum absolute atomic E-state index is 14.4. The van der Waals surface area contributed by atoms with Gasteiger partial charge >= 0.3 is 0 Å². The fraction of sp³-hybridized carbons (Fsp3) is 0.130. The number of pyridine rings is 2. The van der Waals surface area contributed by atoms with Gasteiger partial charge in [0.15, 0.2) is 11.6 Å². The second-order valence-corrected chi connectivity index (χ2v) is 6.97. The lowest BCUT2D eigenvalue weighted by Gasteiger charge is -2.10. The quantitative estimate of drug-likeness (QED) is 0.483. The first-order valence-electron chi connectivity index (χ1n) is 9.64. The summed E-state index contributed by atoms with van der Waals surface area (Å²) in [5.41, 5.74) is 2.55. The second kappa shape index (κ2) is 8.74. The molecular formula is C23H20FN5O2. The van der Waals surface area contributed by atoms with Crippen molar-refractivity contribution in [2.45, 2.75) is 20.4 Å². The second-order valence-electron chi connectivity index (χ2n) is 6.97. The summed E-state index contributed by atoms with van der Waals surface area (Å²) in [6.45, 7) is 3.91. The summed E-state index contributed by atoms with van der Waals surface area (Å²) < 4.78 is 19.9.